The number of piperidine rings is 1. The van der Waals surface area contributed by atoms with Gasteiger partial charge in [-0.2, -0.15) is 0 Å². The van der Waals surface area contributed by atoms with Gasteiger partial charge in [-0.25, -0.2) is 4.79 Å². The molecule has 1 unspecified atom stereocenters. The maximum Gasteiger partial charge on any atom is 0.317 e. The zero-order valence-corrected chi connectivity index (χ0v) is 16.4. The molecule has 144 valence electrons. The van der Waals surface area contributed by atoms with Crippen LogP contribution < -0.4 is 10.2 Å². The van der Waals surface area contributed by atoms with Gasteiger partial charge in [0.15, 0.2) is 0 Å². The third-order valence-electron chi connectivity index (χ3n) is 5.80. The molecule has 0 spiro atoms. The molecule has 1 aromatic carbocycles. The summed E-state index contributed by atoms with van der Waals surface area (Å²) in [6, 6.07) is 8.60. The van der Waals surface area contributed by atoms with Gasteiger partial charge in [0, 0.05) is 45.0 Å². The summed E-state index contributed by atoms with van der Waals surface area (Å²) in [6.07, 6.45) is 4.98. The van der Waals surface area contributed by atoms with Gasteiger partial charge in [0.05, 0.1) is 0 Å². The molecule has 1 atom stereocenters. The summed E-state index contributed by atoms with van der Waals surface area (Å²) in [4.78, 5) is 19.4. The van der Waals surface area contributed by atoms with E-state index in [1.807, 2.05) is 4.90 Å². The van der Waals surface area contributed by atoms with Crippen molar-refractivity contribution in [3.05, 3.63) is 29.8 Å². The van der Waals surface area contributed by atoms with E-state index in [1.165, 1.54) is 30.5 Å². The van der Waals surface area contributed by atoms with Crippen LogP contribution in [0.5, 0.6) is 0 Å². The van der Waals surface area contributed by atoms with E-state index < -0.39 is 0 Å². The lowest BCUT2D eigenvalue weighted by molar-refractivity contribution is 0.204. The molecule has 2 heterocycles. The second-order valence-electron chi connectivity index (χ2n) is 7.79. The van der Waals surface area contributed by atoms with E-state index in [-0.39, 0.29) is 6.03 Å². The Kier molecular flexibility index (Phi) is 6.78. The number of carbonyl (C=O) groups excluding carboxylic acids is 1. The van der Waals surface area contributed by atoms with E-state index in [0.717, 1.165) is 45.7 Å². The van der Waals surface area contributed by atoms with Crippen molar-refractivity contribution in [1.82, 2.24) is 15.1 Å². The average Bonchev–Trinajstić information content (AvgIpc) is 3.15. The van der Waals surface area contributed by atoms with E-state index in [0.29, 0.717) is 12.5 Å². The first-order chi connectivity index (χ1) is 12.7. The van der Waals surface area contributed by atoms with Gasteiger partial charge in [-0.05, 0) is 56.8 Å². The first-order valence-electron chi connectivity index (χ1n) is 10.2. The quantitative estimate of drug-likeness (QED) is 0.849. The molecule has 1 aromatic rings. The first-order valence-corrected chi connectivity index (χ1v) is 10.2. The monoisotopic (exact) mass is 358 g/mol. The van der Waals surface area contributed by atoms with Crippen molar-refractivity contribution in [2.75, 3.05) is 51.2 Å². The van der Waals surface area contributed by atoms with Gasteiger partial charge >= 0.3 is 6.03 Å². The Morgan fingerprint density at radius 3 is 2.73 bits per heavy atom. The minimum absolute atomic E-state index is 0.0834. The Morgan fingerprint density at radius 1 is 1.19 bits per heavy atom. The van der Waals surface area contributed by atoms with E-state index in [9.17, 15) is 4.79 Å². The van der Waals surface area contributed by atoms with Gasteiger partial charge < -0.3 is 20.0 Å². The highest BCUT2D eigenvalue weighted by Gasteiger charge is 2.26. The largest absolute Gasteiger partial charge is 0.371 e. The summed E-state index contributed by atoms with van der Waals surface area (Å²) in [7, 11) is 2.15. The maximum absolute atomic E-state index is 12.6. The Morgan fingerprint density at radius 2 is 1.96 bits per heavy atom. The summed E-state index contributed by atoms with van der Waals surface area (Å²) in [5.41, 5.74) is 2.51. The molecule has 2 amide bonds. The minimum Gasteiger partial charge on any atom is -0.371 e. The number of carbonyl (C=O) groups is 1. The molecule has 1 N–H and O–H groups in total. The van der Waals surface area contributed by atoms with Crippen molar-refractivity contribution in [1.29, 1.82) is 0 Å². The second kappa shape index (κ2) is 9.26. The molecular formula is C21H34N4O. The first kappa shape index (κ1) is 19.0. The maximum atomic E-state index is 12.6. The van der Waals surface area contributed by atoms with Crippen LogP contribution in [0.3, 0.4) is 0 Å². The Balaban J connectivity index is 1.52. The molecule has 5 heteroatoms. The van der Waals surface area contributed by atoms with Crippen molar-refractivity contribution < 1.29 is 4.79 Å². The molecule has 2 fully saturated rings. The number of benzene rings is 1. The lowest BCUT2D eigenvalue weighted by atomic mass is 10.1. The minimum atomic E-state index is 0.0834. The van der Waals surface area contributed by atoms with Crippen LogP contribution in [0.25, 0.3) is 0 Å². The van der Waals surface area contributed by atoms with Crippen LogP contribution in [-0.2, 0) is 6.54 Å². The summed E-state index contributed by atoms with van der Waals surface area (Å²) in [5.74, 6) is 0.603. The van der Waals surface area contributed by atoms with Crippen LogP contribution in [0, 0.1) is 5.92 Å². The standard InChI is InChI=1S/C21H34N4O/c1-3-23(2)16-18-11-14-25(17-18)21(26)22-15-19-9-5-6-10-20(19)24-12-7-4-8-13-24/h5-6,9-10,18H,3-4,7-8,11-17H2,1-2H3,(H,22,26). The number of nitrogens with one attached hydrogen (secondary N) is 1. The smallest absolute Gasteiger partial charge is 0.317 e. The van der Waals surface area contributed by atoms with Crippen molar-refractivity contribution >= 4 is 11.7 Å². The predicted molar refractivity (Wildman–Crippen MR) is 108 cm³/mol. The van der Waals surface area contributed by atoms with Gasteiger partial charge in [0.1, 0.15) is 0 Å². The van der Waals surface area contributed by atoms with Crippen molar-refractivity contribution in [3.8, 4) is 0 Å². The Labute approximate surface area is 158 Å². The molecule has 0 aliphatic carbocycles. The average molecular weight is 359 g/mol. The number of anilines is 1. The van der Waals surface area contributed by atoms with Gasteiger partial charge in [0.2, 0.25) is 0 Å². The fourth-order valence-corrected chi connectivity index (χ4v) is 4.12. The predicted octanol–water partition coefficient (Wildman–Crippen LogP) is 3.16. The molecule has 2 aliphatic rings. The van der Waals surface area contributed by atoms with Crippen molar-refractivity contribution in [3.63, 3.8) is 0 Å². The van der Waals surface area contributed by atoms with Crippen LogP contribution in [0.1, 0.15) is 38.2 Å². The molecule has 0 aromatic heterocycles. The molecule has 3 rings (SSSR count). The summed E-state index contributed by atoms with van der Waals surface area (Å²) in [6.45, 7) is 8.95. The number of nitrogens with zero attached hydrogens (tertiary/aromatic N) is 3. The highest BCUT2D eigenvalue weighted by atomic mass is 16.2. The van der Waals surface area contributed by atoms with Gasteiger partial charge in [-0.3, -0.25) is 0 Å². The number of hydrogen-bond donors (Lipinski definition) is 1. The lowest BCUT2D eigenvalue weighted by Gasteiger charge is -2.30. The van der Waals surface area contributed by atoms with Crippen LogP contribution in [0.15, 0.2) is 24.3 Å². The number of amides is 2. The zero-order chi connectivity index (χ0) is 18.4. The van der Waals surface area contributed by atoms with Crippen LogP contribution in [0.2, 0.25) is 0 Å². The molecule has 0 radical (unpaired) electrons. The normalized spacial score (nSPS) is 20.7. The van der Waals surface area contributed by atoms with E-state index in [1.54, 1.807) is 0 Å². The molecule has 0 bridgehead atoms. The lowest BCUT2D eigenvalue weighted by Crippen LogP contribution is -2.39. The highest BCUT2D eigenvalue weighted by Crippen LogP contribution is 2.24. The van der Waals surface area contributed by atoms with Crippen LogP contribution >= 0.6 is 0 Å². The zero-order valence-electron chi connectivity index (χ0n) is 16.4. The number of para-hydroxylation sites is 1. The van der Waals surface area contributed by atoms with E-state index >= 15 is 0 Å². The molecular weight excluding hydrogens is 324 g/mol. The molecule has 2 aliphatic heterocycles. The molecule has 5 nitrogen and oxygen atoms in total. The van der Waals surface area contributed by atoms with Crippen molar-refractivity contribution in [2.45, 2.75) is 39.2 Å². The Bertz CT molecular complexity index is 585. The fourth-order valence-electron chi connectivity index (χ4n) is 4.12. The third-order valence-corrected chi connectivity index (χ3v) is 5.80. The highest BCUT2D eigenvalue weighted by molar-refractivity contribution is 5.74. The van der Waals surface area contributed by atoms with Crippen molar-refractivity contribution in [2.24, 2.45) is 5.92 Å². The number of likely N-dealkylation sites (tertiary alicyclic amines) is 1. The van der Waals surface area contributed by atoms with Gasteiger partial charge in [-0.1, -0.05) is 25.1 Å². The fraction of sp³-hybridized carbons (Fsp3) is 0.667. The SMILES string of the molecule is CCN(C)CC1CCN(C(=O)NCc2ccccc2N2CCCCC2)C1. The topological polar surface area (TPSA) is 38.8 Å². The second-order valence-corrected chi connectivity index (χ2v) is 7.79. The summed E-state index contributed by atoms with van der Waals surface area (Å²) < 4.78 is 0. The Hall–Kier alpha value is -1.75. The number of hydrogen-bond acceptors (Lipinski definition) is 3. The van der Waals surface area contributed by atoms with Gasteiger partial charge in [-0.15, -0.1) is 0 Å². The summed E-state index contributed by atoms with van der Waals surface area (Å²) in [5, 5.41) is 3.15. The third kappa shape index (κ3) is 4.91. The number of urea groups is 1. The number of rotatable bonds is 6. The van der Waals surface area contributed by atoms with Crippen LogP contribution in [-0.4, -0.2) is 62.1 Å². The van der Waals surface area contributed by atoms with Gasteiger partial charge in [0.25, 0.3) is 0 Å². The molecule has 26 heavy (non-hydrogen) atoms. The van der Waals surface area contributed by atoms with Crippen LogP contribution in [0.4, 0.5) is 10.5 Å². The van der Waals surface area contributed by atoms with E-state index in [4.69, 9.17) is 0 Å². The van der Waals surface area contributed by atoms with E-state index in [2.05, 4.69) is 53.4 Å². The summed E-state index contributed by atoms with van der Waals surface area (Å²) >= 11 is 0. The molecule has 2 saturated heterocycles. The molecule has 0 saturated carbocycles.